The van der Waals surface area contributed by atoms with Crippen molar-refractivity contribution in [1.29, 1.82) is 0 Å². The fourth-order valence-electron chi connectivity index (χ4n) is 2.64. The SMILES string of the molecule is CNCC1CCCN1Cc1cc(C(N)=O)ccc1F. The molecule has 1 aromatic rings. The van der Waals surface area contributed by atoms with Gasteiger partial charge in [-0.15, -0.1) is 0 Å². The molecule has 0 aliphatic carbocycles. The highest BCUT2D eigenvalue weighted by Crippen LogP contribution is 2.21. The van der Waals surface area contributed by atoms with Crippen LogP contribution in [0.5, 0.6) is 0 Å². The molecule has 1 heterocycles. The number of primary amides is 1. The second kappa shape index (κ2) is 6.12. The monoisotopic (exact) mass is 265 g/mol. The van der Waals surface area contributed by atoms with Crippen LogP contribution in [0.2, 0.25) is 0 Å². The number of likely N-dealkylation sites (N-methyl/N-ethyl adjacent to an activating group) is 1. The van der Waals surface area contributed by atoms with E-state index in [1.54, 1.807) is 6.07 Å². The van der Waals surface area contributed by atoms with Gasteiger partial charge in [0.25, 0.3) is 0 Å². The third-order valence-corrected chi connectivity index (χ3v) is 3.64. The molecule has 0 saturated carbocycles. The number of carbonyl (C=O) groups is 1. The summed E-state index contributed by atoms with van der Waals surface area (Å²) in [6, 6.07) is 4.74. The normalized spacial score (nSPS) is 19.8. The van der Waals surface area contributed by atoms with E-state index in [4.69, 9.17) is 5.73 Å². The summed E-state index contributed by atoms with van der Waals surface area (Å²) >= 11 is 0. The molecule has 1 fully saturated rings. The van der Waals surface area contributed by atoms with E-state index in [-0.39, 0.29) is 5.82 Å². The second-order valence-corrected chi connectivity index (χ2v) is 4.99. The van der Waals surface area contributed by atoms with Gasteiger partial charge in [0.1, 0.15) is 5.82 Å². The maximum Gasteiger partial charge on any atom is 0.248 e. The van der Waals surface area contributed by atoms with Crippen LogP contribution in [0.3, 0.4) is 0 Å². The topological polar surface area (TPSA) is 58.4 Å². The standard InChI is InChI=1S/C14H20FN3O/c1-17-8-12-3-2-6-18(12)9-11-7-10(14(16)19)4-5-13(11)15/h4-5,7,12,17H,2-3,6,8-9H2,1H3,(H2,16,19). The lowest BCUT2D eigenvalue weighted by molar-refractivity contribution is 0.1000. The largest absolute Gasteiger partial charge is 0.366 e. The molecule has 1 aliphatic rings. The van der Waals surface area contributed by atoms with Gasteiger partial charge in [-0.3, -0.25) is 9.69 Å². The van der Waals surface area contributed by atoms with Crippen molar-refractivity contribution < 1.29 is 9.18 Å². The third-order valence-electron chi connectivity index (χ3n) is 3.64. The number of carbonyl (C=O) groups excluding carboxylic acids is 1. The molecule has 0 radical (unpaired) electrons. The number of benzene rings is 1. The smallest absolute Gasteiger partial charge is 0.248 e. The van der Waals surface area contributed by atoms with Gasteiger partial charge in [-0.25, -0.2) is 4.39 Å². The maximum atomic E-state index is 13.8. The first kappa shape index (κ1) is 14.0. The Balaban J connectivity index is 2.13. The summed E-state index contributed by atoms with van der Waals surface area (Å²) in [7, 11) is 1.92. The Bertz CT molecular complexity index is 464. The first-order valence-corrected chi connectivity index (χ1v) is 6.58. The Morgan fingerprint density at radius 3 is 3.05 bits per heavy atom. The van der Waals surface area contributed by atoms with E-state index in [1.807, 2.05) is 7.05 Å². The quantitative estimate of drug-likeness (QED) is 0.838. The lowest BCUT2D eigenvalue weighted by Crippen LogP contribution is -2.36. The van der Waals surface area contributed by atoms with Gasteiger partial charge in [0.15, 0.2) is 0 Å². The van der Waals surface area contributed by atoms with Crippen molar-refractivity contribution in [3.05, 3.63) is 35.1 Å². The molecule has 4 nitrogen and oxygen atoms in total. The van der Waals surface area contributed by atoms with Crippen LogP contribution in [0.15, 0.2) is 18.2 Å². The molecular weight excluding hydrogens is 245 g/mol. The predicted octanol–water partition coefficient (Wildman–Crippen LogP) is 1.11. The third kappa shape index (κ3) is 3.30. The number of rotatable bonds is 5. The lowest BCUT2D eigenvalue weighted by atomic mass is 10.1. The number of nitrogens with zero attached hydrogens (tertiary/aromatic N) is 1. The van der Waals surface area contributed by atoms with Gasteiger partial charge in [0.05, 0.1) is 0 Å². The van der Waals surface area contributed by atoms with Crippen LogP contribution in [0, 0.1) is 5.82 Å². The fraction of sp³-hybridized carbons (Fsp3) is 0.500. The summed E-state index contributed by atoms with van der Waals surface area (Å²) in [5.41, 5.74) is 6.13. The van der Waals surface area contributed by atoms with Gasteiger partial charge < -0.3 is 11.1 Å². The van der Waals surface area contributed by atoms with Crippen LogP contribution < -0.4 is 11.1 Å². The average Bonchev–Trinajstić information content (AvgIpc) is 2.80. The zero-order valence-corrected chi connectivity index (χ0v) is 11.2. The zero-order valence-electron chi connectivity index (χ0n) is 11.2. The molecule has 19 heavy (non-hydrogen) atoms. The summed E-state index contributed by atoms with van der Waals surface area (Å²) in [5, 5.41) is 3.16. The number of hydrogen-bond donors (Lipinski definition) is 2. The summed E-state index contributed by atoms with van der Waals surface area (Å²) < 4.78 is 13.8. The van der Waals surface area contributed by atoms with Crippen molar-refractivity contribution in [2.24, 2.45) is 5.73 Å². The molecule has 0 aromatic heterocycles. The van der Waals surface area contributed by atoms with Gasteiger partial charge in [-0.05, 0) is 44.6 Å². The Labute approximate surface area is 112 Å². The van der Waals surface area contributed by atoms with Crippen LogP contribution in [0.4, 0.5) is 4.39 Å². The Kier molecular flexibility index (Phi) is 4.50. The molecule has 0 bridgehead atoms. The minimum Gasteiger partial charge on any atom is -0.366 e. The number of amides is 1. The number of hydrogen-bond acceptors (Lipinski definition) is 3. The first-order chi connectivity index (χ1) is 9.11. The number of nitrogens with two attached hydrogens (primary N) is 1. The van der Waals surface area contributed by atoms with E-state index < -0.39 is 5.91 Å². The highest BCUT2D eigenvalue weighted by molar-refractivity contribution is 5.92. The predicted molar refractivity (Wildman–Crippen MR) is 72.3 cm³/mol. The van der Waals surface area contributed by atoms with E-state index in [9.17, 15) is 9.18 Å². The van der Waals surface area contributed by atoms with E-state index >= 15 is 0 Å². The van der Waals surface area contributed by atoms with E-state index in [2.05, 4.69) is 10.2 Å². The van der Waals surface area contributed by atoms with Gasteiger partial charge in [0.2, 0.25) is 5.91 Å². The van der Waals surface area contributed by atoms with Crippen LogP contribution in [-0.2, 0) is 6.54 Å². The summed E-state index contributed by atoms with van der Waals surface area (Å²) in [6.45, 7) is 2.39. The van der Waals surface area contributed by atoms with Gasteiger partial charge in [-0.1, -0.05) is 0 Å². The molecule has 104 valence electrons. The Morgan fingerprint density at radius 1 is 1.58 bits per heavy atom. The van der Waals surface area contributed by atoms with Crippen LogP contribution in [0.25, 0.3) is 0 Å². The van der Waals surface area contributed by atoms with Crippen molar-refractivity contribution in [3.8, 4) is 0 Å². The molecule has 1 unspecified atom stereocenters. The molecule has 1 aliphatic heterocycles. The maximum absolute atomic E-state index is 13.8. The van der Waals surface area contributed by atoms with Crippen molar-refractivity contribution in [2.75, 3.05) is 20.1 Å². The molecule has 3 N–H and O–H groups in total. The summed E-state index contributed by atoms with van der Waals surface area (Å²) in [4.78, 5) is 13.4. The van der Waals surface area contributed by atoms with Gasteiger partial charge in [-0.2, -0.15) is 0 Å². The average molecular weight is 265 g/mol. The van der Waals surface area contributed by atoms with Gasteiger partial charge >= 0.3 is 0 Å². The molecule has 1 atom stereocenters. The molecule has 1 aromatic carbocycles. The molecule has 5 heteroatoms. The van der Waals surface area contributed by atoms with Crippen molar-refractivity contribution >= 4 is 5.91 Å². The minimum atomic E-state index is -0.519. The molecule has 0 spiro atoms. The molecule has 2 rings (SSSR count). The number of likely N-dealkylation sites (tertiary alicyclic amines) is 1. The number of nitrogens with one attached hydrogen (secondary N) is 1. The lowest BCUT2D eigenvalue weighted by Gasteiger charge is -2.24. The van der Waals surface area contributed by atoms with Crippen LogP contribution in [-0.4, -0.2) is 37.0 Å². The second-order valence-electron chi connectivity index (χ2n) is 4.99. The van der Waals surface area contributed by atoms with Crippen molar-refractivity contribution in [3.63, 3.8) is 0 Å². The summed E-state index contributed by atoms with van der Waals surface area (Å²) in [6.07, 6.45) is 2.25. The van der Waals surface area contributed by atoms with E-state index in [0.29, 0.717) is 23.7 Å². The highest BCUT2D eigenvalue weighted by atomic mass is 19.1. The van der Waals surface area contributed by atoms with Crippen LogP contribution >= 0.6 is 0 Å². The van der Waals surface area contributed by atoms with E-state index in [1.165, 1.54) is 12.1 Å². The summed E-state index contributed by atoms with van der Waals surface area (Å²) in [5.74, 6) is -0.797. The van der Waals surface area contributed by atoms with E-state index in [0.717, 1.165) is 25.9 Å². The molecule has 1 saturated heterocycles. The zero-order chi connectivity index (χ0) is 13.8. The van der Waals surface area contributed by atoms with Crippen molar-refractivity contribution in [1.82, 2.24) is 10.2 Å². The van der Waals surface area contributed by atoms with Crippen LogP contribution in [0.1, 0.15) is 28.8 Å². The van der Waals surface area contributed by atoms with Gasteiger partial charge in [0, 0.05) is 30.3 Å². The molecule has 1 amide bonds. The Morgan fingerprint density at radius 2 is 2.37 bits per heavy atom. The first-order valence-electron chi connectivity index (χ1n) is 6.58. The molecular formula is C14H20FN3O. The Hall–Kier alpha value is -1.46. The fourth-order valence-corrected chi connectivity index (χ4v) is 2.64. The highest BCUT2D eigenvalue weighted by Gasteiger charge is 2.24. The van der Waals surface area contributed by atoms with Crippen molar-refractivity contribution in [2.45, 2.75) is 25.4 Å². The number of halogens is 1. The minimum absolute atomic E-state index is 0.278.